The normalized spacial score (nSPS) is 14.5. The van der Waals surface area contributed by atoms with Gasteiger partial charge in [0.1, 0.15) is 5.75 Å². The number of benzene rings is 1. The van der Waals surface area contributed by atoms with Crippen molar-refractivity contribution in [3.63, 3.8) is 0 Å². The van der Waals surface area contributed by atoms with Crippen molar-refractivity contribution >= 4 is 11.6 Å². The van der Waals surface area contributed by atoms with E-state index in [0.717, 1.165) is 17.9 Å². The van der Waals surface area contributed by atoms with Gasteiger partial charge in [-0.15, -0.1) is 0 Å². The molecule has 1 aliphatic heterocycles. The van der Waals surface area contributed by atoms with Crippen molar-refractivity contribution in [2.75, 3.05) is 6.61 Å². The summed E-state index contributed by atoms with van der Waals surface area (Å²) >= 11 is 0. The maximum Gasteiger partial charge on any atom is 0.338 e. The number of ether oxygens (including phenoxy) is 1. The maximum absolute atomic E-state index is 9.34. The van der Waals surface area contributed by atoms with Crippen LogP contribution in [0.25, 0.3) is 0 Å². The molecule has 2 rings (SSSR count). The Hall–Kier alpha value is -1.51. The molecule has 74 valence electrons. The van der Waals surface area contributed by atoms with Gasteiger partial charge in [0.25, 0.3) is 0 Å². The third-order valence-corrected chi connectivity index (χ3v) is 2.30. The lowest BCUT2D eigenvalue weighted by atomic mass is 10.0. The van der Waals surface area contributed by atoms with E-state index in [1.165, 1.54) is 5.56 Å². The van der Waals surface area contributed by atoms with Gasteiger partial charge < -0.3 is 9.84 Å². The van der Waals surface area contributed by atoms with Gasteiger partial charge in [-0.1, -0.05) is 0 Å². The molecule has 1 aromatic carbocycles. The van der Waals surface area contributed by atoms with Gasteiger partial charge in [0, 0.05) is 5.56 Å². The van der Waals surface area contributed by atoms with E-state index in [4.69, 9.17) is 4.74 Å². The molecule has 1 aliphatic rings. The summed E-state index contributed by atoms with van der Waals surface area (Å²) in [4.78, 5) is 2.95. The van der Waals surface area contributed by atoms with Crippen LogP contribution >= 0.6 is 0 Å². The Labute approximate surface area is 83.1 Å². The van der Waals surface area contributed by atoms with Crippen LogP contribution < -0.4 is 9.73 Å². The summed E-state index contributed by atoms with van der Waals surface area (Å²) in [6.45, 7) is 2.62. The first-order valence-electron chi connectivity index (χ1n) is 4.87. The van der Waals surface area contributed by atoms with E-state index in [1.54, 1.807) is 0 Å². The second-order valence-electron chi connectivity index (χ2n) is 3.32. The van der Waals surface area contributed by atoms with Gasteiger partial charge in [-0.2, -0.15) is 4.99 Å². The number of hydrogen-bond acceptors (Lipinski definition) is 1. The second-order valence-corrected chi connectivity index (χ2v) is 3.32. The van der Waals surface area contributed by atoms with Crippen molar-refractivity contribution < 1.29 is 14.8 Å². The molecule has 0 amide bonds. The summed E-state index contributed by atoms with van der Waals surface area (Å²) in [5, 5.41) is 9.34. The smallest absolute Gasteiger partial charge is 0.338 e. The van der Waals surface area contributed by atoms with Gasteiger partial charge >= 0.3 is 5.90 Å². The van der Waals surface area contributed by atoms with Crippen molar-refractivity contribution in [3.8, 4) is 5.75 Å². The molecule has 0 unspecified atom stereocenters. The first-order valence-corrected chi connectivity index (χ1v) is 4.87. The van der Waals surface area contributed by atoms with E-state index in [1.807, 2.05) is 25.1 Å². The Balaban J connectivity index is 2.34. The van der Waals surface area contributed by atoms with E-state index in [0.29, 0.717) is 18.9 Å². The number of aryl methyl sites for hydroxylation is 1. The van der Waals surface area contributed by atoms with Gasteiger partial charge in [-0.3, -0.25) is 0 Å². The average molecular weight is 192 g/mol. The van der Waals surface area contributed by atoms with E-state index >= 15 is 0 Å². The fraction of sp³-hybridized carbons (Fsp3) is 0.364. The fourth-order valence-corrected chi connectivity index (χ4v) is 1.62. The van der Waals surface area contributed by atoms with Crippen LogP contribution in [0.2, 0.25) is 0 Å². The van der Waals surface area contributed by atoms with Crippen LogP contribution in [0.5, 0.6) is 5.75 Å². The van der Waals surface area contributed by atoms with E-state index in [-0.39, 0.29) is 0 Å². The van der Waals surface area contributed by atoms with Crippen LogP contribution in [-0.4, -0.2) is 17.6 Å². The van der Waals surface area contributed by atoms with Crippen LogP contribution in [0, 0.1) is 0 Å². The topological polar surface area (TPSA) is 43.4 Å². The molecule has 0 atom stereocenters. The molecular formula is C11H14NO2+. The first kappa shape index (κ1) is 9.06. The highest BCUT2D eigenvalue weighted by molar-refractivity contribution is 5.71. The predicted octanol–water partition coefficient (Wildman–Crippen LogP) is 0.700. The molecule has 0 fully saturated rings. The zero-order valence-electron chi connectivity index (χ0n) is 8.21. The number of fused-ring (bicyclic) bond motifs is 1. The minimum absolute atomic E-state index is 0.339. The minimum Gasteiger partial charge on any atom is -0.494 e. The van der Waals surface area contributed by atoms with Gasteiger partial charge in [-0.25, -0.2) is 0 Å². The third kappa shape index (κ3) is 1.71. The molecule has 3 nitrogen and oxygen atoms in total. The lowest BCUT2D eigenvalue weighted by Crippen LogP contribution is -2.68. The molecule has 0 aromatic heterocycles. The Bertz CT molecular complexity index is 372. The van der Waals surface area contributed by atoms with Gasteiger partial charge in [-0.05, 0) is 25.5 Å². The lowest BCUT2D eigenvalue weighted by Gasteiger charge is -2.08. The van der Waals surface area contributed by atoms with Crippen molar-refractivity contribution in [1.29, 1.82) is 0 Å². The Morgan fingerprint density at radius 1 is 1.43 bits per heavy atom. The number of rotatable bonds is 2. The molecular weight excluding hydrogens is 178 g/mol. The van der Waals surface area contributed by atoms with E-state index in [9.17, 15) is 5.11 Å². The molecule has 2 N–H and O–H groups in total. The monoisotopic (exact) mass is 192 g/mol. The molecule has 0 radical (unpaired) electrons. The fourth-order valence-electron chi connectivity index (χ4n) is 1.62. The number of aliphatic hydroxyl groups excluding tert-OH is 1. The highest BCUT2D eigenvalue weighted by atomic mass is 16.5. The molecule has 0 saturated carbocycles. The molecule has 3 heteroatoms. The number of aliphatic hydroxyl groups is 1. The summed E-state index contributed by atoms with van der Waals surface area (Å²) < 4.78 is 5.38. The van der Waals surface area contributed by atoms with Crippen LogP contribution in [-0.2, 0) is 6.42 Å². The van der Waals surface area contributed by atoms with Crippen molar-refractivity contribution in [1.82, 2.24) is 0 Å². The summed E-state index contributed by atoms with van der Waals surface area (Å²) in [5.41, 5.74) is 2.19. The van der Waals surface area contributed by atoms with E-state index in [2.05, 4.69) is 4.99 Å². The third-order valence-electron chi connectivity index (χ3n) is 2.30. The van der Waals surface area contributed by atoms with Crippen LogP contribution in [0.3, 0.4) is 0 Å². The maximum atomic E-state index is 9.34. The lowest BCUT2D eigenvalue weighted by molar-refractivity contribution is -0.370. The number of hydrogen-bond donors (Lipinski definition) is 2. The Morgan fingerprint density at radius 3 is 3.07 bits per heavy atom. The average Bonchev–Trinajstić information content (AvgIpc) is 2.17. The van der Waals surface area contributed by atoms with E-state index < -0.39 is 0 Å². The molecule has 1 heterocycles. The highest BCUT2D eigenvalue weighted by Gasteiger charge is 2.17. The van der Waals surface area contributed by atoms with Crippen LogP contribution in [0.15, 0.2) is 18.2 Å². The second kappa shape index (κ2) is 3.70. The molecule has 14 heavy (non-hydrogen) atoms. The largest absolute Gasteiger partial charge is 0.494 e. The Morgan fingerprint density at radius 2 is 2.29 bits per heavy atom. The molecule has 0 spiro atoms. The van der Waals surface area contributed by atoms with Gasteiger partial charge in [0.05, 0.1) is 19.1 Å². The molecule has 0 bridgehead atoms. The van der Waals surface area contributed by atoms with Gasteiger partial charge in [0.2, 0.25) is 5.69 Å². The van der Waals surface area contributed by atoms with Crippen LogP contribution in [0.1, 0.15) is 18.9 Å². The Kier molecular flexibility index (Phi) is 2.39. The highest BCUT2D eigenvalue weighted by Crippen LogP contribution is 2.21. The number of nitrogens with one attached hydrogen (secondary N) is 1. The molecule has 0 aliphatic carbocycles. The zero-order valence-corrected chi connectivity index (χ0v) is 8.21. The zero-order chi connectivity index (χ0) is 9.97. The summed E-state index contributed by atoms with van der Waals surface area (Å²) in [5.74, 6) is 1.18. The summed E-state index contributed by atoms with van der Waals surface area (Å²) in [6.07, 6.45) is 1.58. The first-order chi connectivity index (χ1) is 6.79. The van der Waals surface area contributed by atoms with Crippen molar-refractivity contribution in [3.05, 3.63) is 23.8 Å². The predicted molar refractivity (Wildman–Crippen MR) is 54.2 cm³/mol. The summed E-state index contributed by atoms with van der Waals surface area (Å²) in [6, 6.07) is 5.93. The minimum atomic E-state index is 0.339. The molecule has 1 aromatic rings. The SMILES string of the molecule is CCOc1ccc2c(c1)[NH+]=C(O)CC2. The van der Waals surface area contributed by atoms with Gasteiger partial charge in [0.15, 0.2) is 0 Å². The summed E-state index contributed by atoms with van der Waals surface area (Å²) in [7, 11) is 0. The van der Waals surface area contributed by atoms with Crippen LogP contribution in [0.4, 0.5) is 5.69 Å². The standard InChI is InChI=1S/C11H13NO2/c1-2-14-9-5-3-8-4-6-11(13)12-10(8)7-9/h3,5,7H,2,4,6H2,1H3,(H,12,13)/p+1. The quantitative estimate of drug-likeness (QED) is 0.724. The van der Waals surface area contributed by atoms with Crippen molar-refractivity contribution in [2.45, 2.75) is 19.8 Å². The van der Waals surface area contributed by atoms with Crippen molar-refractivity contribution in [2.24, 2.45) is 0 Å². The molecule has 0 saturated heterocycles.